The maximum absolute atomic E-state index is 12.3. The number of thiocarbonyl (C=S) groups is 1. The van der Waals surface area contributed by atoms with Crippen molar-refractivity contribution in [2.45, 2.75) is 20.8 Å². The van der Waals surface area contributed by atoms with E-state index >= 15 is 0 Å². The summed E-state index contributed by atoms with van der Waals surface area (Å²) in [5.74, 6) is -0.0695. The number of rotatable bonds is 4. The van der Waals surface area contributed by atoms with Gasteiger partial charge in [0, 0.05) is 43.3 Å². The molecule has 0 aromatic heterocycles. The molecule has 1 heterocycles. The van der Waals surface area contributed by atoms with Crippen LogP contribution in [0, 0.1) is 12.8 Å². The average molecular weight is 459 g/mol. The first-order valence-electron chi connectivity index (χ1n) is 10.3. The second-order valence-corrected chi connectivity index (χ2v) is 8.73. The lowest BCUT2D eigenvalue weighted by atomic mass is 10.1. The van der Waals surface area contributed by atoms with Crippen LogP contribution in [0.1, 0.15) is 29.8 Å². The van der Waals surface area contributed by atoms with Crippen molar-refractivity contribution in [1.82, 2.24) is 10.2 Å². The molecule has 2 amide bonds. The molecule has 0 saturated carbocycles. The van der Waals surface area contributed by atoms with E-state index in [0.717, 1.165) is 24.3 Å². The van der Waals surface area contributed by atoms with Crippen molar-refractivity contribution in [2.75, 3.05) is 36.4 Å². The number of aryl methyl sites for hydroxylation is 1. The number of benzene rings is 2. The fourth-order valence-corrected chi connectivity index (χ4v) is 4.01. The molecule has 2 aromatic rings. The Morgan fingerprint density at radius 3 is 2.39 bits per heavy atom. The van der Waals surface area contributed by atoms with Gasteiger partial charge in [-0.15, -0.1) is 0 Å². The van der Waals surface area contributed by atoms with Gasteiger partial charge in [0.2, 0.25) is 5.91 Å². The maximum atomic E-state index is 12.3. The monoisotopic (exact) mass is 458 g/mol. The Morgan fingerprint density at radius 1 is 1.06 bits per heavy atom. The van der Waals surface area contributed by atoms with Gasteiger partial charge in [-0.2, -0.15) is 0 Å². The van der Waals surface area contributed by atoms with Crippen LogP contribution >= 0.6 is 23.8 Å². The van der Waals surface area contributed by atoms with Gasteiger partial charge in [0.05, 0.1) is 10.7 Å². The third kappa shape index (κ3) is 5.95. The highest BCUT2D eigenvalue weighted by atomic mass is 35.5. The number of anilines is 2. The zero-order valence-electron chi connectivity index (χ0n) is 17.9. The van der Waals surface area contributed by atoms with Crippen molar-refractivity contribution in [2.24, 2.45) is 5.92 Å². The summed E-state index contributed by atoms with van der Waals surface area (Å²) in [5.41, 5.74) is 3.16. The normalized spacial score (nSPS) is 13.8. The van der Waals surface area contributed by atoms with E-state index in [1.54, 1.807) is 18.2 Å². The van der Waals surface area contributed by atoms with Crippen molar-refractivity contribution >= 4 is 52.1 Å². The molecule has 3 rings (SSSR count). The molecule has 0 atom stereocenters. The smallest absolute Gasteiger partial charge is 0.257 e. The van der Waals surface area contributed by atoms with Gasteiger partial charge < -0.3 is 15.1 Å². The highest BCUT2D eigenvalue weighted by molar-refractivity contribution is 7.80. The van der Waals surface area contributed by atoms with Gasteiger partial charge in [0.1, 0.15) is 0 Å². The van der Waals surface area contributed by atoms with Crippen LogP contribution in [0.4, 0.5) is 11.4 Å². The second kappa shape index (κ2) is 10.1. The van der Waals surface area contributed by atoms with Gasteiger partial charge in [-0.1, -0.05) is 43.1 Å². The summed E-state index contributed by atoms with van der Waals surface area (Å²) in [6, 6.07) is 12.9. The number of hydrogen-bond donors (Lipinski definition) is 2. The Morgan fingerprint density at radius 2 is 1.77 bits per heavy atom. The summed E-state index contributed by atoms with van der Waals surface area (Å²) in [6.07, 6.45) is 0. The first-order chi connectivity index (χ1) is 14.7. The lowest BCUT2D eigenvalue weighted by Crippen LogP contribution is -2.50. The van der Waals surface area contributed by atoms with E-state index in [4.69, 9.17) is 23.8 Å². The number of piperazine rings is 1. The lowest BCUT2D eigenvalue weighted by Gasteiger charge is -2.37. The average Bonchev–Trinajstić information content (AvgIpc) is 2.73. The van der Waals surface area contributed by atoms with Crippen molar-refractivity contribution in [3.63, 3.8) is 0 Å². The second-order valence-electron chi connectivity index (χ2n) is 7.91. The van der Waals surface area contributed by atoms with Crippen molar-refractivity contribution in [3.05, 3.63) is 58.6 Å². The van der Waals surface area contributed by atoms with Gasteiger partial charge >= 0.3 is 0 Å². The summed E-state index contributed by atoms with van der Waals surface area (Å²) >= 11 is 11.8. The molecule has 0 radical (unpaired) electrons. The minimum Gasteiger partial charge on any atom is -0.367 e. The van der Waals surface area contributed by atoms with E-state index in [0.29, 0.717) is 29.4 Å². The van der Waals surface area contributed by atoms with Gasteiger partial charge in [-0.25, -0.2) is 0 Å². The molecule has 1 fully saturated rings. The maximum Gasteiger partial charge on any atom is 0.257 e. The summed E-state index contributed by atoms with van der Waals surface area (Å²) in [5, 5.41) is 6.48. The summed E-state index contributed by atoms with van der Waals surface area (Å²) in [4.78, 5) is 28.6. The van der Waals surface area contributed by atoms with Gasteiger partial charge in [-0.05, 0) is 49.5 Å². The Bertz CT molecular complexity index is 987. The number of hydrogen-bond acceptors (Lipinski definition) is 4. The molecule has 1 saturated heterocycles. The Balaban J connectivity index is 1.58. The summed E-state index contributed by atoms with van der Waals surface area (Å²) in [7, 11) is 0. The number of halogens is 1. The molecule has 164 valence electrons. The molecule has 1 aliphatic heterocycles. The van der Waals surface area contributed by atoms with Crippen molar-refractivity contribution in [3.8, 4) is 0 Å². The molecule has 31 heavy (non-hydrogen) atoms. The SMILES string of the molecule is Cc1cccc(C(=O)NC(=S)Nc2ccc(N3CCN(C(=O)C(C)C)CC3)c(Cl)c2)c1. The Labute approximate surface area is 193 Å². The topological polar surface area (TPSA) is 64.7 Å². The molecule has 0 spiro atoms. The van der Waals surface area contributed by atoms with Crippen LogP contribution in [-0.2, 0) is 4.79 Å². The Kier molecular flexibility index (Phi) is 7.51. The zero-order chi connectivity index (χ0) is 22.5. The lowest BCUT2D eigenvalue weighted by molar-refractivity contribution is -0.134. The van der Waals surface area contributed by atoms with Crippen LogP contribution in [0.3, 0.4) is 0 Å². The fraction of sp³-hybridized carbons (Fsp3) is 0.348. The molecule has 0 bridgehead atoms. The molecule has 2 aromatic carbocycles. The van der Waals surface area contributed by atoms with Crippen LogP contribution in [-0.4, -0.2) is 48.0 Å². The first-order valence-corrected chi connectivity index (χ1v) is 11.1. The quantitative estimate of drug-likeness (QED) is 0.676. The van der Waals surface area contributed by atoms with E-state index in [9.17, 15) is 9.59 Å². The van der Waals surface area contributed by atoms with E-state index in [1.807, 2.05) is 49.9 Å². The van der Waals surface area contributed by atoms with Crippen LogP contribution in [0.5, 0.6) is 0 Å². The van der Waals surface area contributed by atoms with Crippen molar-refractivity contribution < 1.29 is 9.59 Å². The van der Waals surface area contributed by atoms with Crippen LogP contribution in [0.25, 0.3) is 0 Å². The standard InChI is InChI=1S/C23H27ClN4O2S/c1-15(2)22(30)28-11-9-27(10-12-28)20-8-7-18(14-19(20)24)25-23(31)26-21(29)17-6-4-5-16(3)13-17/h4-8,13-15H,9-12H2,1-3H3,(H2,25,26,29,31). The zero-order valence-corrected chi connectivity index (χ0v) is 19.5. The van der Waals surface area contributed by atoms with Crippen LogP contribution < -0.4 is 15.5 Å². The molecule has 8 heteroatoms. The Hall–Kier alpha value is -2.64. The van der Waals surface area contributed by atoms with E-state index in [2.05, 4.69) is 15.5 Å². The minimum atomic E-state index is -0.266. The van der Waals surface area contributed by atoms with E-state index in [1.165, 1.54) is 0 Å². The minimum absolute atomic E-state index is 0.00994. The number of amides is 2. The van der Waals surface area contributed by atoms with Gasteiger partial charge in [-0.3, -0.25) is 14.9 Å². The number of nitrogens with zero attached hydrogens (tertiary/aromatic N) is 2. The third-order valence-electron chi connectivity index (χ3n) is 5.14. The summed E-state index contributed by atoms with van der Waals surface area (Å²) in [6.45, 7) is 8.60. The first kappa shape index (κ1) is 23.0. The predicted molar refractivity (Wildman–Crippen MR) is 130 cm³/mol. The molecule has 0 aliphatic carbocycles. The molecule has 6 nitrogen and oxygen atoms in total. The molecule has 1 aliphatic rings. The highest BCUT2D eigenvalue weighted by Crippen LogP contribution is 2.30. The molecule has 2 N–H and O–H groups in total. The molecular weight excluding hydrogens is 432 g/mol. The van der Waals surface area contributed by atoms with Crippen LogP contribution in [0.2, 0.25) is 5.02 Å². The van der Waals surface area contributed by atoms with Crippen molar-refractivity contribution in [1.29, 1.82) is 0 Å². The molecular formula is C23H27ClN4O2S. The third-order valence-corrected chi connectivity index (χ3v) is 5.65. The van der Waals surface area contributed by atoms with Crippen LogP contribution in [0.15, 0.2) is 42.5 Å². The largest absolute Gasteiger partial charge is 0.367 e. The van der Waals surface area contributed by atoms with Gasteiger partial charge in [0.15, 0.2) is 5.11 Å². The predicted octanol–water partition coefficient (Wildman–Crippen LogP) is 4.08. The number of carbonyl (C=O) groups excluding carboxylic acids is 2. The van der Waals surface area contributed by atoms with Gasteiger partial charge in [0.25, 0.3) is 5.91 Å². The fourth-order valence-electron chi connectivity index (χ4n) is 3.50. The van der Waals surface area contributed by atoms with E-state index in [-0.39, 0.29) is 22.8 Å². The number of nitrogens with one attached hydrogen (secondary N) is 2. The highest BCUT2D eigenvalue weighted by Gasteiger charge is 2.24. The summed E-state index contributed by atoms with van der Waals surface area (Å²) < 4.78 is 0. The number of carbonyl (C=O) groups is 2. The molecule has 0 unspecified atom stereocenters. The van der Waals surface area contributed by atoms with E-state index < -0.39 is 0 Å².